The fourth-order valence-corrected chi connectivity index (χ4v) is 4.41. The summed E-state index contributed by atoms with van der Waals surface area (Å²) in [5.74, 6) is -0.186. The van der Waals surface area contributed by atoms with Crippen LogP contribution in [0.4, 0.5) is 0 Å². The summed E-state index contributed by atoms with van der Waals surface area (Å²) in [7, 11) is 0. The lowest BCUT2D eigenvalue weighted by Gasteiger charge is -2.40. The van der Waals surface area contributed by atoms with E-state index in [2.05, 4.69) is 0 Å². The summed E-state index contributed by atoms with van der Waals surface area (Å²) in [5, 5.41) is 12.2. The van der Waals surface area contributed by atoms with Crippen molar-refractivity contribution in [2.45, 2.75) is 11.8 Å². The van der Waals surface area contributed by atoms with Gasteiger partial charge in [0.15, 0.2) is 5.72 Å². The molecule has 5 rings (SSSR count). The highest BCUT2D eigenvalue weighted by molar-refractivity contribution is 6.01. The van der Waals surface area contributed by atoms with E-state index < -0.39 is 11.8 Å². The van der Waals surface area contributed by atoms with Crippen LogP contribution in [-0.4, -0.2) is 15.9 Å². The predicted octanol–water partition coefficient (Wildman–Crippen LogP) is 5.13. The predicted molar refractivity (Wildman–Crippen MR) is 117 cm³/mol. The zero-order chi connectivity index (χ0) is 20.6. The van der Waals surface area contributed by atoms with Crippen LogP contribution in [0, 0.1) is 0 Å². The minimum Gasteiger partial charge on any atom is -0.363 e. The summed E-state index contributed by atoms with van der Waals surface area (Å²) in [6.07, 6.45) is 0. The number of amides is 1. The van der Waals surface area contributed by atoms with Crippen LogP contribution in [0.25, 0.3) is 0 Å². The van der Waals surface area contributed by atoms with E-state index in [-0.39, 0.29) is 5.91 Å². The molecule has 4 aromatic rings. The highest BCUT2D eigenvalue weighted by Gasteiger charge is 2.53. The second kappa shape index (κ2) is 7.29. The average Bonchev–Trinajstić information content (AvgIpc) is 3.05. The van der Waals surface area contributed by atoms with E-state index >= 15 is 0 Å². The molecule has 0 saturated heterocycles. The van der Waals surface area contributed by atoms with Gasteiger partial charge in [-0.3, -0.25) is 9.69 Å². The molecule has 1 heterocycles. The minimum absolute atomic E-state index is 0.186. The quantitative estimate of drug-likeness (QED) is 0.524. The number of nitrogens with zero attached hydrogens (tertiary/aromatic N) is 1. The van der Waals surface area contributed by atoms with Crippen LogP contribution < -0.4 is 0 Å². The third-order valence-corrected chi connectivity index (χ3v) is 5.77. The monoisotopic (exact) mass is 391 g/mol. The Labute approximate surface area is 175 Å². The van der Waals surface area contributed by atoms with Crippen LogP contribution in [0.5, 0.6) is 0 Å². The fraction of sp³-hybridized carbons (Fsp3) is 0.0741. The Hall–Kier alpha value is -3.69. The third-order valence-electron chi connectivity index (χ3n) is 5.77. The Kier molecular flexibility index (Phi) is 4.46. The first kappa shape index (κ1) is 18.3. The van der Waals surface area contributed by atoms with Gasteiger partial charge in [0.25, 0.3) is 5.91 Å². The highest BCUT2D eigenvalue weighted by Crippen LogP contribution is 2.48. The van der Waals surface area contributed by atoms with Crippen LogP contribution in [0.2, 0.25) is 0 Å². The van der Waals surface area contributed by atoms with Crippen LogP contribution in [-0.2, 0) is 5.72 Å². The summed E-state index contributed by atoms with van der Waals surface area (Å²) < 4.78 is 0. The van der Waals surface area contributed by atoms with Gasteiger partial charge in [0.2, 0.25) is 0 Å². The van der Waals surface area contributed by atoms with Gasteiger partial charge in [-0.1, -0.05) is 109 Å². The molecular weight excluding hydrogens is 370 g/mol. The summed E-state index contributed by atoms with van der Waals surface area (Å²) >= 11 is 0. The van der Waals surface area contributed by atoms with Crippen molar-refractivity contribution in [3.8, 4) is 0 Å². The SMILES string of the molecule is O=C1c2ccccc2[C@@](O)(c2ccccc2)N1C(c1ccccc1)c1ccccc1. The lowest BCUT2D eigenvalue weighted by atomic mass is 9.90. The van der Waals surface area contributed by atoms with Crippen molar-refractivity contribution in [1.29, 1.82) is 0 Å². The van der Waals surface area contributed by atoms with E-state index in [4.69, 9.17) is 0 Å². The number of carbonyl (C=O) groups is 1. The topological polar surface area (TPSA) is 40.5 Å². The number of carbonyl (C=O) groups excluding carboxylic acids is 1. The number of aliphatic hydroxyl groups is 1. The van der Waals surface area contributed by atoms with Crippen LogP contribution in [0.1, 0.15) is 38.7 Å². The lowest BCUT2D eigenvalue weighted by Crippen LogP contribution is -2.47. The third kappa shape index (κ3) is 2.75. The zero-order valence-electron chi connectivity index (χ0n) is 16.3. The molecule has 1 aliphatic heterocycles. The second-order valence-electron chi connectivity index (χ2n) is 7.48. The van der Waals surface area contributed by atoms with Gasteiger partial charge in [-0.2, -0.15) is 0 Å². The molecule has 3 heteroatoms. The van der Waals surface area contributed by atoms with Gasteiger partial charge in [-0.05, 0) is 17.2 Å². The molecular formula is C27H21NO2. The van der Waals surface area contributed by atoms with E-state index in [1.165, 1.54) is 0 Å². The molecule has 146 valence electrons. The summed E-state index contributed by atoms with van der Waals surface area (Å²) in [6.45, 7) is 0. The van der Waals surface area contributed by atoms with Crippen molar-refractivity contribution in [3.05, 3.63) is 143 Å². The first-order valence-corrected chi connectivity index (χ1v) is 10.0. The van der Waals surface area contributed by atoms with Crippen molar-refractivity contribution >= 4 is 5.91 Å². The van der Waals surface area contributed by atoms with Crippen LogP contribution >= 0.6 is 0 Å². The zero-order valence-corrected chi connectivity index (χ0v) is 16.3. The maximum atomic E-state index is 13.7. The average molecular weight is 391 g/mol. The number of hydrogen-bond acceptors (Lipinski definition) is 2. The molecule has 3 nitrogen and oxygen atoms in total. The van der Waals surface area contributed by atoms with Gasteiger partial charge in [0.1, 0.15) is 0 Å². The molecule has 0 aromatic heterocycles. The van der Waals surface area contributed by atoms with Gasteiger partial charge in [0, 0.05) is 16.7 Å². The number of benzene rings is 4. The van der Waals surface area contributed by atoms with Gasteiger partial charge >= 0.3 is 0 Å². The van der Waals surface area contributed by atoms with Gasteiger partial charge in [-0.15, -0.1) is 0 Å². The molecule has 30 heavy (non-hydrogen) atoms. The smallest absolute Gasteiger partial charge is 0.257 e. The Morgan fingerprint density at radius 1 is 0.633 bits per heavy atom. The molecule has 1 N–H and O–H groups in total. The largest absolute Gasteiger partial charge is 0.363 e. The number of fused-ring (bicyclic) bond motifs is 1. The Morgan fingerprint density at radius 3 is 1.67 bits per heavy atom. The molecule has 0 aliphatic carbocycles. The van der Waals surface area contributed by atoms with Crippen molar-refractivity contribution in [3.63, 3.8) is 0 Å². The second-order valence-corrected chi connectivity index (χ2v) is 7.48. The Balaban J connectivity index is 1.79. The van der Waals surface area contributed by atoms with Crippen molar-refractivity contribution in [2.24, 2.45) is 0 Å². The van der Waals surface area contributed by atoms with Crippen molar-refractivity contribution < 1.29 is 9.90 Å². The maximum Gasteiger partial charge on any atom is 0.257 e. The summed E-state index contributed by atoms with van der Waals surface area (Å²) in [4.78, 5) is 15.4. The minimum atomic E-state index is -1.58. The van der Waals surface area contributed by atoms with E-state index in [1.807, 2.05) is 109 Å². The molecule has 0 unspecified atom stereocenters. The fourth-order valence-electron chi connectivity index (χ4n) is 4.41. The van der Waals surface area contributed by atoms with E-state index in [0.717, 1.165) is 11.1 Å². The van der Waals surface area contributed by atoms with E-state index in [9.17, 15) is 9.90 Å². The molecule has 0 fully saturated rings. The van der Waals surface area contributed by atoms with Crippen molar-refractivity contribution in [2.75, 3.05) is 0 Å². The molecule has 1 amide bonds. The van der Waals surface area contributed by atoms with E-state index in [0.29, 0.717) is 16.7 Å². The van der Waals surface area contributed by atoms with Crippen molar-refractivity contribution in [1.82, 2.24) is 4.90 Å². The first-order chi connectivity index (χ1) is 14.7. The van der Waals surface area contributed by atoms with Gasteiger partial charge in [-0.25, -0.2) is 0 Å². The summed E-state index contributed by atoms with van der Waals surface area (Å²) in [6, 6.07) is 36.0. The normalized spacial score (nSPS) is 17.9. The molecule has 1 aliphatic rings. The number of rotatable bonds is 4. The molecule has 0 spiro atoms. The lowest BCUT2D eigenvalue weighted by molar-refractivity contribution is -0.0640. The summed E-state index contributed by atoms with van der Waals surface area (Å²) in [5.41, 5.74) is 2.11. The van der Waals surface area contributed by atoms with Crippen LogP contribution in [0.15, 0.2) is 115 Å². The Morgan fingerprint density at radius 2 is 1.10 bits per heavy atom. The van der Waals surface area contributed by atoms with E-state index in [1.54, 1.807) is 11.0 Å². The molecule has 0 saturated carbocycles. The maximum absolute atomic E-state index is 13.7. The van der Waals surface area contributed by atoms with Gasteiger partial charge in [0.05, 0.1) is 6.04 Å². The Bertz CT molecular complexity index is 1140. The standard InChI is InChI=1S/C27H21NO2/c29-26-23-18-10-11-19-24(23)27(30,22-16-8-3-9-17-22)28(26)25(20-12-4-1-5-13-20)21-14-6-2-7-15-21/h1-19,25,30H/t27-/m0/s1. The number of hydrogen-bond donors (Lipinski definition) is 1. The molecule has 0 radical (unpaired) electrons. The van der Waals surface area contributed by atoms with Crippen LogP contribution in [0.3, 0.4) is 0 Å². The molecule has 1 atom stereocenters. The molecule has 4 aromatic carbocycles. The first-order valence-electron chi connectivity index (χ1n) is 10.0. The molecule has 0 bridgehead atoms. The highest BCUT2D eigenvalue weighted by atomic mass is 16.3. The van der Waals surface area contributed by atoms with Gasteiger partial charge < -0.3 is 5.11 Å².